The van der Waals surface area contributed by atoms with Crippen molar-refractivity contribution in [1.82, 2.24) is 0 Å². The molecule has 0 spiro atoms. The van der Waals surface area contributed by atoms with Gasteiger partial charge in [0.1, 0.15) is 12.3 Å². The second-order valence-corrected chi connectivity index (χ2v) is 9.02. The minimum atomic E-state index is -4.68. The first-order valence-corrected chi connectivity index (χ1v) is 11.2. The molecule has 174 valence electrons. The molecule has 0 heterocycles. The van der Waals surface area contributed by atoms with Crippen LogP contribution < -0.4 is 14.4 Å². The molecule has 0 atom stereocenters. The molecule has 0 aliphatic carbocycles. The molecule has 6 nitrogen and oxygen atoms in total. The van der Waals surface area contributed by atoms with Crippen molar-refractivity contribution < 1.29 is 31.1 Å². The number of nitrogens with one attached hydrogen (secondary N) is 1. The zero-order chi connectivity index (χ0) is 24.2. The Balaban J connectivity index is 2.00. The van der Waals surface area contributed by atoms with E-state index >= 15 is 0 Å². The van der Waals surface area contributed by atoms with Gasteiger partial charge in [-0.25, -0.2) is 8.42 Å². The second kappa shape index (κ2) is 9.53. The monoisotopic (exact) mass is 478 g/mol. The van der Waals surface area contributed by atoms with Gasteiger partial charge in [0.2, 0.25) is 5.91 Å². The fraction of sp³-hybridized carbons (Fsp3) is 0.174. The lowest BCUT2D eigenvalue weighted by atomic mass is 10.2. The van der Waals surface area contributed by atoms with Crippen molar-refractivity contribution in [2.24, 2.45) is 0 Å². The van der Waals surface area contributed by atoms with Gasteiger partial charge in [-0.05, 0) is 49.4 Å². The third-order valence-electron chi connectivity index (χ3n) is 4.71. The van der Waals surface area contributed by atoms with E-state index in [9.17, 15) is 26.4 Å². The average Bonchev–Trinajstić information content (AvgIpc) is 2.77. The highest BCUT2D eigenvalue weighted by atomic mass is 32.2. The van der Waals surface area contributed by atoms with E-state index in [0.717, 1.165) is 17.7 Å². The Kier molecular flexibility index (Phi) is 6.97. The fourth-order valence-corrected chi connectivity index (χ4v) is 4.43. The molecule has 33 heavy (non-hydrogen) atoms. The van der Waals surface area contributed by atoms with Gasteiger partial charge in [-0.2, -0.15) is 13.2 Å². The minimum absolute atomic E-state index is 0.153. The van der Waals surface area contributed by atoms with Gasteiger partial charge in [-0.1, -0.05) is 29.8 Å². The summed E-state index contributed by atoms with van der Waals surface area (Å²) in [7, 11) is -2.90. The number of sulfonamides is 1. The Morgan fingerprint density at radius 1 is 1.00 bits per heavy atom. The number of nitrogens with zero attached hydrogens (tertiary/aromatic N) is 1. The van der Waals surface area contributed by atoms with Crippen molar-refractivity contribution in [3.63, 3.8) is 0 Å². The van der Waals surface area contributed by atoms with Crippen molar-refractivity contribution in [3.05, 3.63) is 83.9 Å². The lowest BCUT2D eigenvalue weighted by molar-refractivity contribution is -0.137. The normalized spacial score (nSPS) is 11.7. The van der Waals surface area contributed by atoms with Gasteiger partial charge in [0, 0.05) is 11.8 Å². The number of amides is 1. The molecule has 3 rings (SSSR count). The van der Waals surface area contributed by atoms with Crippen LogP contribution in [0.4, 0.5) is 24.5 Å². The summed E-state index contributed by atoms with van der Waals surface area (Å²) in [5.74, 6) is -0.272. The maximum absolute atomic E-state index is 13.3. The molecule has 0 fully saturated rings. The summed E-state index contributed by atoms with van der Waals surface area (Å²) in [6, 6.07) is 16.0. The highest BCUT2D eigenvalue weighted by molar-refractivity contribution is 7.92. The molecule has 0 unspecified atom stereocenters. The predicted octanol–water partition coefficient (Wildman–Crippen LogP) is 4.86. The number of halogens is 3. The van der Waals surface area contributed by atoms with Crippen LogP contribution in [0, 0.1) is 6.92 Å². The molecule has 1 N–H and O–H groups in total. The number of hydrogen-bond donors (Lipinski definition) is 1. The first kappa shape index (κ1) is 24.1. The molecule has 0 radical (unpaired) electrons. The Hall–Kier alpha value is -3.53. The molecule has 3 aromatic carbocycles. The standard InChI is InChI=1S/C23H21F3N2O4S/c1-16-9-11-21(12-10-16)33(30,31)28(19-7-3-5-17(13-19)23(24,25)26)15-22(29)27-18-6-4-8-20(14-18)32-2/h3-14H,15H2,1-2H3,(H,27,29). The highest BCUT2D eigenvalue weighted by Crippen LogP contribution is 2.33. The molecule has 0 saturated carbocycles. The summed E-state index contributed by atoms with van der Waals surface area (Å²) < 4.78 is 72.2. The number of hydrogen-bond acceptors (Lipinski definition) is 4. The van der Waals surface area contributed by atoms with Crippen LogP contribution in [0.15, 0.2) is 77.7 Å². The summed E-state index contributed by atoms with van der Waals surface area (Å²) in [5.41, 5.74) is -0.171. The largest absolute Gasteiger partial charge is 0.497 e. The maximum atomic E-state index is 13.3. The molecule has 10 heteroatoms. The molecule has 0 aliphatic heterocycles. The van der Waals surface area contributed by atoms with Crippen LogP contribution in [0.2, 0.25) is 0 Å². The van der Waals surface area contributed by atoms with Crippen molar-refractivity contribution in [2.45, 2.75) is 18.0 Å². The Morgan fingerprint density at radius 3 is 2.30 bits per heavy atom. The van der Waals surface area contributed by atoms with Gasteiger partial charge in [-0.15, -0.1) is 0 Å². The van der Waals surface area contributed by atoms with Gasteiger partial charge < -0.3 is 10.1 Å². The number of alkyl halides is 3. The Morgan fingerprint density at radius 2 is 1.67 bits per heavy atom. The number of carbonyl (C=O) groups excluding carboxylic acids is 1. The van der Waals surface area contributed by atoms with Crippen LogP contribution in [-0.2, 0) is 21.0 Å². The van der Waals surface area contributed by atoms with Crippen molar-refractivity contribution >= 4 is 27.3 Å². The van der Waals surface area contributed by atoms with E-state index in [0.29, 0.717) is 21.8 Å². The van der Waals surface area contributed by atoms with E-state index < -0.39 is 34.2 Å². The van der Waals surface area contributed by atoms with E-state index in [4.69, 9.17) is 4.74 Å². The molecule has 0 aromatic heterocycles. The maximum Gasteiger partial charge on any atom is 0.416 e. The van der Waals surface area contributed by atoms with Crippen LogP contribution in [0.3, 0.4) is 0 Å². The number of carbonyl (C=O) groups is 1. The number of ether oxygens (including phenoxy) is 1. The number of anilines is 2. The zero-order valence-corrected chi connectivity index (χ0v) is 18.6. The molecular formula is C23H21F3N2O4S. The van der Waals surface area contributed by atoms with Crippen LogP contribution >= 0.6 is 0 Å². The predicted molar refractivity (Wildman–Crippen MR) is 119 cm³/mol. The van der Waals surface area contributed by atoms with E-state index in [1.165, 1.54) is 31.4 Å². The SMILES string of the molecule is COc1cccc(NC(=O)CN(c2cccc(C(F)(F)F)c2)S(=O)(=O)c2ccc(C)cc2)c1. The second-order valence-electron chi connectivity index (χ2n) is 7.15. The van der Waals surface area contributed by atoms with Gasteiger partial charge in [-0.3, -0.25) is 9.10 Å². The van der Waals surface area contributed by atoms with Gasteiger partial charge in [0.25, 0.3) is 10.0 Å². The first-order chi connectivity index (χ1) is 15.5. The third kappa shape index (κ3) is 5.83. The van der Waals surface area contributed by atoms with Crippen molar-refractivity contribution in [3.8, 4) is 5.75 Å². The first-order valence-electron chi connectivity index (χ1n) is 9.71. The summed E-state index contributed by atoms with van der Waals surface area (Å²) >= 11 is 0. The van der Waals surface area contributed by atoms with Crippen molar-refractivity contribution in [1.29, 1.82) is 0 Å². The topological polar surface area (TPSA) is 75.7 Å². The number of methoxy groups -OCH3 is 1. The third-order valence-corrected chi connectivity index (χ3v) is 6.50. The Labute approximate surface area is 189 Å². The molecular weight excluding hydrogens is 457 g/mol. The van der Waals surface area contributed by atoms with Crippen LogP contribution in [0.5, 0.6) is 5.75 Å². The molecule has 1 amide bonds. The average molecular weight is 478 g/mol. The molecule has 0 saturated heterocycles. The van der Waals surface area contributed by atoms with Crippen LogP contribution in [-0.4, -0.2) is 28.0 Å². The highest BCUT2D eigenvalue weighted by Gasteiger charge is 2.33. The van der Waals surface area contributed by atoms with Gasteiger partial charge in [0.15, 0.2) is 0 Å². The number of benzene rings is 3. The van der Waals surface area contributed by atoms with E-state index in [1.54, 1.807) is 37.3 Å². The van der Waals surface area contributed by atoms with Crippen LogP contribution in [0.1, 0.15) is 11.1 Å². The number of rotatable bonds is 7. The van der Waals surface area contributed by atoms with Crippen molar-refractivity contribution in [2.75, 3.05) is 23.3 Å². The minimum Gasteiger partial charge on any atom is -0.497 e. The van der Waals surface area contributed by atoms with Crippen LogP contribution in [0.25, 0.3) is 0 Å². The van der Waals surface area contributed by atoms with Gasteiger partial charge in [0.05, 0.1) is 23.3 Å². The summed E-state index contributed by atoms with van der Waals surface area (Å²) in [4.78, 5) is 12.6. The van der Waals surface area contributed by atoms with E-state index in [1.807, 2.05) is 0 Å². The van der Waals surface area contributed by atoms with Gasteiger partial charge >= 0.3 is 6.18 Å². The summed E-state index contributed by atoms with van der Waals surface area (Å²) in [6.07, 6.45) is -4.68. The smallest absolute Gasteiger partial charge is 0.416 e. The molecule has 0 bridgehead atoms. The lowest BCUT2D eigenvalue weighted by Gasteiger charge is -2.25. The lowest BCUT2D eigenvalue weighted by Crippen LogP contribution is -2.38. The summed E-state index contributed by atoms with van der Waals surface area (Å²) in [5, 5.41) is 2.55. The zero-order valence-electron chi connectivity index (χ0n) is 17.8. The van der Waals surface area contributed by atoms with E-state index in [-0.39, 0.29) is 10.6 Å². The summed E-state index contributed by atoms with van der Waals surface area (Å²) in [6.45, 7) is 1.03. The number of aryl methyl sites for hydroxylation is 1. The molecule has 0 aliphatic rings. The molecule has 3 aromatic rings. The van der Waals surface area contributed by atoms with E-state index in [2.05, 4.69) is 5.32 Å². The fourth-order valence-electron chi connectivity index (χ4n) is 3.02. The quantitative estimate of drug-likeness (QED) is 0.527. The Bertz CT molecular complexity index is 1240.